The van der Waals surface area contributed by atoms with E-state index in [9.17, 15) is 23.4 Å². The normalized spacial score (nSPS) is 14.7. The van der Waals surface area contributed by atoms with Gasteiger partial charge < -0.3 is 15.5 Å². The predicted octanol–water partition coefficient (Wildman–Crippen LogP) is 1.11. The Labute approximate surface area is 96.9 Å². The first-order chi connectivity index (χ1) is 7.99. The smallest absolute Gasteiger partial charge is 0.167 e. The molecule has 3 nitrogen and oxygen atoms in total. The van der Waals surface area contributed by atoms with Crippen molar-refractivity contribution >= 4 is 0 Å². The quantitative estimate of drug-likeness (QED) is 0.685. The number of hydrogen-bond donors (Lipinski definition) is 3. The van der Waals surface area contributed by atoms with Crippen LogP contribution in [0.2, 0.25) is 0 Å². The Morgan fingerprint density at radius 3 is 2.35 bits per heavy atom. The number of benzene rings is 1. The summed E-state index contributed by atoms with van der Waals surface area (Å²) < 4.78 is 39.5. The fourth-order valence-electron chi connectivity index (χ4n) is 1.46. The summed E-state index contributed by atoms with van der Waals surface area (Å²) in [6.07, 6.45) is -3.07. The number of aliphatic hydroxyl groups excluding tert-OH is 2. The Morgan fingerprint density at radius 1 is 1.18 bits per heavy atom. The number of aliphatic hydroxyl groups is 2. The van der Waals surface area contributed by atoms with Crippen LogP contribution < -0.4 is 5.32 Å². The minimum Gasteiger partial charge on any atom is -0.390 e. The van der Waals surface area contributed by atoms with Crippen molar-refractivity contribution in [2.75, 3.05) is 13.6 Å². The summed E-state index contributed by atoms with van der Waals surface area (Å²) in [5.41, 5.74) is -0.839. The van der Waals surface area contributed by atoms with Crippen LogP contribution in [-0.4, -0.2) is 29.9 Å². The first-order valence-corrected chi connectivity index (χ1v) is 5.13. The van der Waals surface area contributed by atoms with Crippen LogP contribution >= 0.6 is 0 Å². The molecule has 6 heteroatoms. The van der Waals surface area contributed by atoms with Gasteiger partial charge in [0.05, 0.1) is 11.7 Å². The molecule has 1 aromatic carbocycles. The molecule has 0 saturated heterocycles. The Morgan fingerprint density at radius 2 is 1.76 bits per heavy atom. The lowest BCUT2D eigenvalue weighted by atomic mass is 10.0. The molecule has 0 aliphatic carbocycles. The lowest BCUT2D eigenvalue weighted by Crippen LogP contribution is -2.25. The second kappa shape index (κ2) is 6.00. The lowest BCUT2D eigenvalue weighted by Gasteiger charge is -2.19. The first kappa shape index (κ1) is 14.0. The van der Waals surface area contributed by atoms with Crippen molar-refractivity contribution in [2.45, 2.75) is 18.6 Å². The van der Waals surface area contributed by atoms with E-state index in [4.69, 9.17) is 0 Å². The van der Waals surface area contributed by atoms with Gasteiger partial charge in [0.25, 0.3) is 0 Å². The Kier molecular flexibility index (Phi) is 4.92. The number of rotatable bonds is 5. The molecule has 3 N–H and O–H groups in total. The molecule has 0 spiro atoms. The van der Waals surface area contributed by atoms with Gasteiger partial charge in [-0.15, -0.1) is 0 Å². The molecule has 1 rings (SSSR count). The van der Waals surface area contributed by atoms with Gasteiger partial charge in [-0.2, -0.15) is 0 Å². The van der Waals surface area contributed by atoms with Gasteiger partial charge in [0.2, 0.25) is 0 Å². The van der Waals surface area contributed by atoms with Crippen LogP contribution in [0, 0.1) is 17.5 Å². The van der Waals surface area contributed by atoms with Gasteiger partial charge >= 0.3 is 0 Å². The van der Waals surface area contributed by atoms with Crippen LogP contribution in [0.25, 0.3) is 0 Å². The fourth-order valence-corrected chi connectivity index (χ4v) is 1.46. The zero-order chi connectivity index (χ0) is 13.0. The molecular formula is C11H14F3NO2. The van der Waals surface area contributed by atoms with Crippen molar-refractivity contribution in [3.05, 3.63) is 35.1 Å². The molecule has 0 bridgehead atoms. The number of hydrogen-bond acceptors (Lipinski definition) is 3. The molecule has 0 saturated carbocycles. The SMILES string of the molecule is CNCCC(O)C(O)c1c(F)ccc(F)c1F. The van der Waals surface area contributed by atoms with E-state index in [0.717, 1.165) is 0 Å². The highest BCUT2D eigenvalue weighted by Crippen LogP contribution is 2.26. The maximum atomic E-state index is 13.3. The van der Waals surface area contributed by atoms with Gasteiger partial charge in [0, 0.05) is 0 Å². The standard InChI is InChI=1S/C11H14F3NO2/c1-15-5-4-8(16)11(17)9-6(12)2-3-7(13)10(9)14/h2-3,8,11,15-17H,4-5H2,1H3. The van der Waals surface area contributed by atoms with Gasteiger partial charge in [-0.25, -0.2) is 13.2 Å². The van der Waals surface area contributed by atoms with Crippen LogP contribution in [0.15, 0.2) is 12.1 Å². The molecule has 0 heterocycles. The summed E-state index contributed by atoms with van der Waals surface area (Å²) in [5, 5.41) is 21.8. The fraction of sp³-hybridized carbons (Fsp3) is 0.455. The number of halogens is 3. The third-order valence-corrected chi connectivity index (χ3v) is 2.43. The van der Waals surface area contributed by atoms with E-state index >= 15 is 0 Å². The summed E-state index contributed by atoms with van der Waals surface area (Å²) >= 11 is 0. The monoisotopic (exact) mass is 249 g/mol. The van der Waals surface area contributed by atoms with E-state index in [1.807, 2.05) is 0 Å². The molecular weight excluding hydrogens is 235 g/mol. The van der Waals surface area contributed by atoms with E-state index in [-0.39, 0.29) is 6.42 Å². The molecule has 0 aromatic heterocycles. The molecule has 96 valence electrons. The largest absolute Gasteiger partial charge is 0.390 e. The lowest BCUT2D eigenvalue weighted by molar-refractivity contribution is 0.00942. The highest BCUT2D eigenvalue weighted by molar-refractivity contribution is 5.24. The summed E-state index contributed by atoms with van der Waals surface area (Å²) in [4.78, 5) is 0. The maximum Gasteiger partial charge on any atom is 0.167 e. The molecule has 0 amide bonds. The Hall–Kier alpha value is -1.11. The van der Waals surface area contributed by atoms with Crippen molar-refractivity contribution in [3.63, 3.8) is 0 Å². The summed E-state index contributed by atoms with van der Waals surface area (Å²) in [7, 11) is 1.63. The molecule has 1 aromatic rings. The van der Waals surface area contributed by atoms with Crippen molar-refractivity contribution in [2.24, 2.45) is 0 Å². The predicted molar refractivity (Wildman–Crippen MR) is 55.8 cm³/mol. The van der Waals surface area contributed by atoms with E-state index < -0.39 is 35.2 Å². The van der Waals surface area contributed by atoms with Crippen LogP contribution in [0.5, 0.6) is 0 Å². The van der Waals surface area contributed by atoms with E-state index in [1.54, 1.807) is 7.05 Å². The first-order valence-electron chi connectivity index (χ1n) is 5.13. The van der Waals surface area contributed by atoms with E-state index in [0.29, 0.717) is 18.7 Å². The van der Waals surface area contributed by atoms with Crippen LogP contribution in [0.1, 0.15) is 18.1 Å². The molecule has 0 aliphatic rings. The van der Waals surface area contributed by atoms with Gasteiger partial charge in [0.1, 0.15) is 11.9 Å². The highest BCUT2D eigenvalue weighted by atomic mass is 19.2. The van der Waals surface area contributed by atoms with Crippen molar-refractivity contribution in [3.8, 4) is 0 Å². The van der Waals surface area contributed by atoms with Gasteiger partial charge in [-0.1, -0.05) is 0 Å². The summed E-state index contributed by atoms with van der Waals surface area (Å²) in [5.74, 6) is -3.82. The molecule has 0 aliphatic heterocycles. The Balaban J connectivity index is 2.95. The second-order valence-corrected chi connectivity index (χ2v) is 3.66. The topological polar surface area (TPSA) is 52.5 Å². The van der Waals surface area contributed by atoms with Gasteiger partial charge in [-0.05, 0) is 32.1 Å². The minimum atomic E-state index is -1.79. The van der Waals surface area contributed by atoms with Crippen molar-refractivity contribution in [1.82, 2.24) is 5.32 Å². The zero-order valence-corrected chi connectivity index (χ0v) is 9.25. The second-order valence-electron chi connectivity index (χ2n) is 3.66. The van der Waals surface area contributed by atoms with E-state index in [1.165, 1.54) is 0 Å². The average Bonchev–Trinajstić information content (AvgIpc) is 2.31. The zero-order valence-electron chi connectivity index (χ0n) is 9.25. The maximum absolute atomic E-state index is 13.3. The molecule has 2 atom stereocenters. The average molecular weight is 249 g/mol. The summed E-state index contributed by atoms with van der Waals surface area (Å²) in [6.45, 7) is 0.358. The minimum absolute atomic E-state index is 0.0903. The van der Waals surface area contributed by atoms with Crippen LogP contribution in [0.3, 0.4) is 0 Å². The molecule has 17 heavy (non-hydrogen) atoms. The van der Waals surface area contributed by atoms with Gasteiger partial charge in [-0.3, -0.25) is 0 Å². The van der Waals surface area contributed by atoms with E-state index in [2.05, 4.69) is 5.32 Å². The third-order valence-electron chi connectivity index (χ3n) is 2.43. The molecule has 0 fully saturated rings. The summed E-state index contributed by atoms with van der Waals surface area (Å²) in [6, 6.07) is 1.34. The molecule has 2 unspecified atom stereocenters. The Bertz CT molecular complexity index is 387. The molecule has 0 radical (unpaired) electrons. The van der Waals surface area contributed by atoms with Crippen molar-refractivity contribution in [1.29, 1.82) is 0 Å². The highest BCUT2D eigenvalue weighted by Gasteiger charge is 2.26. The number of nitrogens with one attached hydrogen (secondary N) is 1. The van der Waals surface area contributed by atoms with Crippen molar-refractivity contribution < 1.29 is 23.4 Å². The van der Waals surface area contributed by atoms with Crippen LogP contribution in [0.4, 0.5) is 13.2 Å². The van der Waals surface area contributed by atoms with Gasteiger partial charge in [0.15, 0.2) is 11.6 Å². The third kappa shape index (κ3) is 3.18. The van der Waals surface area contributed by atoms with Crippen LogP contribution in [-0.2, 0) is 0 Å².